The molecule has 2 aliphatic rings. The fourth-order valence-corrected chi connectivity index (χ4v) is 5.47. The molecule has 0 atom stereocenters. The summed E-state index contributed by atoms with van der Waals surface area (Å²) in [6, 6.07) is 14.1. The maximum Gasteiger partial charge on any atom is 0.269 e. The lowest BCUT2D eigenvalue weighted by atomic mass is 10.1. The van der Waals surface area contributed by atoms with Crippen LogP contribution in [0.5, 0.6) is 0 Å². The van der Waals surface area contributed by atoms with E-state index < -0.39 is 0 Å². The topological polar surface area (TPSA) is 135 Å². The molecular formula is C28H30N8O3S. The molecule has 0 spiro atoms. The normalized spacial score (nSPS) is 15.8. The van der Waals surface area contributed by atoms with Crippen LogP contribution in [0.2, 0.25) is 0 Å². The van der Waals surface area contributed by atoms with Crippen molar-refractivity contribution in [3.05, 3.63) is 69.7 Å². The number of hydrogen-bond acceptors (Lipinski definition) is 9. The highest BCUT2D eigenvalue weighted by molar-refractivity contribution is 7.08. The van der Waals surface area contributed by atoms with Gasteiger partial charge in [0.2, 0.25) is 0 Å². The first kappa shape index (κ1) is 27.2. The lowest BCUT2D eigenvalue weighted by Gasteiger charge is -2.37. The molecule has 40 heavy (non-hydrogen) atoms. The molecule has 2 N–H and O–H groups in total. The molecule has 0 saturated carbocycles. The van der Waals surface area contributed by atoms with Gasteiger partial charge in [-0.15, -0.1) is 5.10 Å². The van der Waals surface area contributed by atoms with E-state index in [1.54, 1.807) is 48.2 Å². The van der Waals surface area contributed by atoms with Gasteiger partial charge in [0, 0.05) is 56.9 Å². The van der Waals surface area contributed by atoms with E-state index in [0.29, 0.717) is 72.2 Å². The van der Waals surface area contributed by atoms with Crippen molar-refractivity contribution in [3.8, 4) is 6.07 Å². The van der Waals surface area contributed by atoms with Crippen molar-refractivity contribution in [2.24, 2.45) is 0 Å². The van der Waals surface area contributed by atoms with Gasteiger partial charge in [-0.1, -0.05) is 4.49 Å². The zero-order chi connectivity index (χ0) is 28.1. The highest BCUT2D eigenvalue weighted by Crippen LogP contribution is 2.30. The molecule has 1 aromatic heterocycles. The highest BCUT2D eigenvalue weighted by atomic mass is 32.1. The van der Waals surface area contributed by atoms with Crippen molar-refractivity contribution in [1.29, 1.82) is 5.26 Å². The smallest absolute Gasteiger partial charge is 0.269 e. The lowest BCUT2D eigenvalue weighted by Crippen LogP contribution is -2.49. The number of aromatic nitrogens is 2. The number of hydrogen-bond donors (Lipinski definition) is 2. The number of nitriles is 1. The number of piperazine rings is 1. The van der Waals surface area contributed by atoms with Crippen LogP contribution in [0.1, 0.15) is 48.1 Å². The van der Waals surface area contributed by atoms with E-state index in [0.717, 1.165) is 36.7 Å². The predicted molar refractivity (Wildman–Crippen MR) is 152 cm³/mol. The summed E-state index contributed by atoms with van der Waals surface area (Å²) in [5.74, 6) is -0.482. The fourth-order valence-electron chi connectivity index (χ4n) is 4.92. The number of nitrogens with one attached hydrogen (secondary N) is 2. The number of amides is 3. The molecule has 206 valence electrons. The highest BCUT2D eigenvalue weighted by Gasteiger charge is 2.26. The monoisotopic (exact) mass is 558 g/mol. The molecule has 3 aromatic rings. The second kappa shape index (κ2) is 12.2. The van der Waals surface area contributed by atoms with Crippen LogP contribution in [-0.2, 0) is 0 Å². The van der Waals surface area contributed by atoms with Gasteiger partial charge in [-0.05, 0) is 73.9 Å². The van der Waals surface area contributed by atoms with E-state index in [1.807, 2.05) is 11.0 Å². The maximum absolute atomic E-state index is 13.3. The third kappa shape index (κ3) is 5.95. The third-order valence-electron chi connectivity index (χ3n) is 7.15. The molecule has 2 aromatic carbocycles. The molecule has 2 fully saturated rings. The predicted octanol–water partition coefficient (Wildman–Crippen LogP) is 2.37. The van der Waals surface area contributed by atoms with Gasteiger partial charge in [0.15, 0.2) is 0 Å². The number of carbonyl (C=O) groups is 3. The molecule has 0 bridgehead atoms. The Morgan fingerprint density at radius 1 is 0.925 bits per heavy atom. The van der Waals surface area contributed by atoms with Gasteiger partial charge >= 0.3 is 0 Å². The van der Waals surface area contributed by atoms with Gasteiger partial charge in [-0.2, -0.15) is 5.26 Å². The van der Waals surface area contributed by atoms with Crippen LogP contribution in [0.3, 0.4) is 0 Å². The zero-order valence-corrected chi connectivity index (χ0v) is 23.0. The average molecular weight is 559 g/mol. The van der Waals surface area contributed by atoms with Crippen LogP contribution in [0.15, 0.2) is 42.5 Å². The first-order chi connectivity index (χ1) is 19.4. The Labute approximate surface area is 236 Å². The van der Waals surface area contributed by atoms with Crippen molar-refractivity contribution in [2.75, 3.05) is 62.6 Å². The van der Waals surface area contributed by atoms with Crippen molar-refractivity contribution in [1.82, 2.24) is 24.7 Å². The largest absolute Gasteiger partial charge is 0.366 e. The number of rotatable bonds is 5. The number of benzene rings is 2. The average Bonchev–Trinajstić information content (AvgIpc) is 3.24. The minimum absolute atomic E-state index is 0.0702. The van der Waals surface area contributed by atoms with Crippen molar-refractivity contribution in [3.63, 3.8) is 0 Å². The Morgan fingerprint density at radius 2 is 1.62 bits per heavy atom. The first-order valence-electron chi connectivity index (χ1n) is 13.2. The molecular weight excluding hydrogens is 528 g/mol. The van der Waals surface area contributed by atoms with Crippen molar-refractivity contribution in [2.45, 2.75) is 13.3 Å². The second-order valence-electron chi connectivity index (χ2n) is 9.74. The molecule has 12 heteroatoms. The fraction of sp³-hybridized carbons (Fsp3) is 0.357. The van der Waals surface area contributed by atoms with Crippen LogP contribution in [0, 0.1) is 18.3 Å². The van der Waals surface area contributed by atoms with E-state index in [9.17, 15) is 14.4 Å². The van der Waals surface area contributed by atoms with Gasteiger partial charge in [-0.25, -0.2) is 0 Å². The lowest BCUT2D eigenvalue weighted by molar-refractivity contribution is 0.0743. The summed E-state index contributed by atoms with van der Waals surface area (Å²) < 4.78 is 3.87. The molecule has 2 saturated heterocycles. The second-order valence-corrected chi connectivity index (χ2v) is 10.5. The molecule has 5 rings (SSSR count). The quantitative estimate of drug-likeness (QED) is 0.488. The van der Waals surface area contributed by atoms with Crippen molar-refractivity contribution >= 4 is 40.6 Å². The summed E-state index contributed by atoms with van der Waals surface area (Å²) in [6.07, 6.45) is 0.885. The van der Waals surface area contributed by atoms with E-state index >= 15 is 0 Å². The molecule has 0 radical (unpaired) electrons. The van der Waals surface area contributed by atoms with E-state index in [2.05, 4.69) is 31.2 Å². The SMILES string of the molecule is Cc1nnsc1C(=O)Nc1cc(C(=O)N2CCCNCC2)ccc1N1CCN(C(=O)c2ccc(C#N)cc2)CC1. The van der Waals surface area contributed by atoms with Crippen molar-refractivity contribution < 1.29 is 14.4 Å². The number of nitrogens with zero attached hydrogens (tertiary/aromatic N) is 6. The van der Waals surface area contributed by atoms with Crippen LogP contribution < -0.4 is 15.5 Å². The molecule has 2 aliphatic heterocycles. The van der Waals surface area contributed by atoms with Crippen LogP contribution in [-0.4, -0.2) is 89.5 Å². The Hall–Kier alpha value is -4.34. The van der Waals surface area contributed by atoms with Gasteiger partial charge in [0.1, 0.15) is 4.88 Å². The van der Waals surface area contributed by atoms with Crippen LogP contribution in [0.4, 0.5) is 11.4 Å². The number of anilines is 2. The Bertz CT molecular complexity index is 1430. The molecule has 0 unspecified atom stereocenters. The molecule has 3 heterocycles. The summed E-state index contributed by atoms with van der Waals surface area (Å²) >= 11 is 1.03. The minimum Gasteiger partial charge on any atom is -0.366 e. The number of carbonyl (C=O) groups excluding carboxylic acids is 3. The summed E-state index contributed by atoms with van der Waals surface area (Å²) in [6.45, 7) is 6.75. The van der Waals surface area contributed by atoms with Crippen LogP contribution >= 0.6 is 11.5 Å². The van der Waals surface area contributed by atoms with E-state index in [4.69, 9.17) is 5.26 Å². The Balaban J connectivity index is 1.35. The summed E-state index contributed by atoms with van der Waals surface area (Å²) in [7, 11) is 0. The van der Waals surface area contributed by atoms with Crippen LogP contribution in [0.25, 0.3) is 0 Å². The minimum atomic E-state index is -0.327. The van der Waals surface area contributed by atoms with Gasteiger partial charge in [0.05, 0.1) is 28.7 Å². The number of aryl methyl sites for hydroxylation is 1. The van der Waals surface area contributed by atoms with E-state index in [-0.39, 0.29) is 17.7 Å². The summed E-state index contributed by atoms with van der Waals surface area (Å²) in [4.78, 5) is 45.6. The first-order valence-corrected chi connectivity index (χ1v) is 14.0. The molecule has 0 aliphatic carbocycles. The zero-order valence-electron chi connectivity index (χ0n) is 22.2. The van der Waals surface area contributed by atoms with Gasteiger partial charge in [-0.3, -0.25) is 14.4 Å². The van der Waals surface area contributed by atoms with E-state index in [1.165, 1.54) is 0 Å². The van der Waals surface area contributed by atoms with Gasteiger partial charge < -0.3 is 25.3 Å². The Kier molecular flexibility index (Phi) is 8.33. The summed E-state index contributed by atoms with van der Waals surface area (Å²) in [5.41, 5.74) is 3.42. The Morgan fingerprint density at radius 3 is 2.33 bits per heavy atom. The maximum atomic E-state index is 13.3. The molecule has 3 amide bonds. The molecule has 11 nitrogen and oxygen atoms in total. The summed E-state index contributed by atoms with van der Waals surface area (Å²) in [5, 5.41) is 19.3. The standard InChI is InChI=1S/C28H30N8O3S/c1-19-25(40-33-32-19)26(37)31-23-17-22(28(39)35-11-2-9-30-10-12-35)7-8-24(23)34-13-15-36(16-14-34)27(38)21-5-3-20(18-29)4-6-21/h3-8,17,30H,2,9-16H2,1H3,(H,31,37). The third-order valence-corrected chi connectivity index (χ3v) is 7.97. The van der Waals surface area contributed by atoms with Gasteiger partial charge in [0.25, 0.3) is 17.7 Å².